The van der Waals surface area contributed by atoms with Crippen molar-refractivity contribution in [3.8, 4) is 17.1 Å². The smallest absolute Gasteiger partial charge is 0.272 e. The number of furan rings is 1. The number of methoxy groups -OCH3 is 1. The van der Waals surface area contributed by atoms with Crippen LogP contribution in [0.5, 0.6) is 5.75 Å². The van der Waals surface area contributed by atoms with Gasteiger partial charge >= 0.3 is 0 Å². The Bertz CT molecular complexity index is 1820. The van der Waals surface area contributed by atoms with Gasteiger partial charge in [-0.25, -0.2) is 0 Å². The van der Waals surface area contributed by atoms with Gasteiger partial charge in [-0.3, -0.25) is 14.4 Å². The monoisotopic (exact) mass is 637 g/mol. The first kappa shape index (κ1) is 31.2. The van der Waals surface area contributed by atoms with E-state index in [0.717, 1.165) is 10.5 Å². The molecule has 8 nitrogen and oxygen atoms in total. The van der Waals surface area contributed by atoms with E-state index in [9.17, 15) is 14.4 Å². The molecule has 0 aliphatic heterocycles. The Labute approximate surface area is 269 Å². The number of anilines is 2. The summed E-state index contributed by atoms with van der Waals surface area (Å²) in [5, 5.41) is 8.73. The normalized spacial score (nSPS) is 11.0. The number of rotatable bonds is 11. The summed E-state index contributed by atoms with van der Waals surface area (Å²) in [4.78, 5) is 39.7. The van der Waals surface area contributed by atoms with E-state index in [1.54, 1.807) is 84.9 Å². The number of benzene rings is 4. The molecule has 0 atom stereocenters. The van der Waals surface area contributed by atoms with Crippen LogP contribution in [0.1, 0.15) is 16.1 Å². The highest BCUT2D eigenvalue weighted by Crippen LogP contribution is 2.28. The van der Waals surface area contributed by atoms with E-state index in [4.69, 9.17) is 20.8 Å². The predicted octanol–water partition coefficient (Wildman–Crippen LogP) is 7.75. The van der Waals surface area contributed by atoms with Crippen molar-refractivity contribution in [1.82, 2.24) is 5.32 Å². The van der Waals surface area contributed by atoms with Gasteiger partial charge in [-0.2, -0.15) is 0 Å². The summed E-state index contributed by atoms with van der Waals surface area (Å²) in [6.45, 7) is 0. The molecule has 1 aromatic heterocycles. The lowest BCUT2D eigenvalue weighted by Gasteiger charge is -2.11. The van der Waals surface area contributed by atoms with Crippen molar-refractivity contribution >= 4 is 58.5 Å². The first-order chi connectivity index (χ1) is 21.9. The maximum Gasteiger partial charge on any atom is 0.272 e. The van der Waals surface area contributed by atoms with Crippen LogP contribution in [0.15, 0.2) is 130 Å². The quantitative estimate of drug-likeness (QED) is 0.101. The number of nitrogens with one attached hydrogen (secondary N) is 3. The lowest BCUT2D eigenvalue weighted by Crippen LogP contribution is -2.30. The van der Waals surface area contributed by atoms with Crippen LogP contribution in [-0.4, -0.2) is 30.6 Å². The van der Waals surface area contributed by atoms with Crippen molar-refractivity contribution in [2.45, 2.75) is 4.90 Å². The molecule has 0 spiro atoms. The second-order valence-electron chi connectivity index (χ2n) is 9.61. The molecule has 0 radical (unpaired) electrons. The Morgan fingerprint density at radius 2 is 1.56 bits per heavy atom. The molecule has 0 unspecified atom stereocenters. The minimum absolute atomic E-state index is 0.00383. The van der Waals surface area contributed by atoms with Crippen molar-refractivity contribution in [2.24, 2.45) is 0 Å². The number of ether oxygens (including phenoxy) is 1. The van der Waals surface area contributed by atoms with E-state index in [1.165, 1.54) is 24.9 Å². The molecule has 1 heterocycles. The third kappa shape index (κ3) is 8.66. The number of thioether (sulfide) groups is 1. The van der Waals surface area contributed by atoms with Crippen LogP contribution in [0.4, 0.5) is 11.4 Å². The summed E-state index contributed by atoms with van der Waals surface area (Å²) < 4.78 is 11.1. The van der Waals surface area contributed by atoms with Crippen LogP contribution in [0.2, 0.25) is 5.02 Å². The summed E-state index contributed by atoms with van der Waals surface area (Å²) >= 11 is 7.51. The molecule has 0 aliphatic rings. The Kier molecular flexibility index (Phi) is 10.4. The largest absolute Gasteiger partial charge is 0.497 e. The van der Waals surface area contributed by atoms with E-state index in [0.29, 0.717) is 39.2 Å². The Morgan fingerprint density at radius 3 is 2.27 bits per heavy atom. The second kappa shape index (κ2) is 15.0. The molecule has 4 aromatic carbocycles. The van der Waals surface area contributed by atoms with Crippen LogP contribution in [0.25, 0.3) is 17.4 Å². The Hall–Kier alpha value is -5.25. The van der Waals surface area contributed by atoms with Crippen LogP contribution < -0.4 is 20.7 Å². The molecular weight excluding hydrogens is 610 g/mol. The predicted molar refractivity (Wildman–Crippen MR) is 178 cm³/mol. The summed E-state index contributed by atoms with van der Waals surface area (Å²) in [5.74, 6) is 0.547. The number of carbonyl (C=O) groups excluding carboxylic acids is 3. The lowest BCUT2D eigenvalue weighted by atomic mass is 10.2. The molecular formula is C35H28ClN3O5S. The average molecular weight is 638 g/mol. The lowest BCUT2D eigenvalue weighted by molar-refractivity contribution is -0.114. The molecule has 3 amide bonds. The van der Waals surface area contributed by atoms with Gasteiger partial charge < -0.3 is 25.1 Å². The summed E-state index contributed by atoms with van der Waals surface area (Å²) in [6.07, 6.45) is 1.49. The van der Waals surface area contributed by atoms with Crippen LogP contribution >= 0.6 is 23.4 Å². The van der Waals surface area contributed by atoms with E-state index < -0.39 is 11.8 Å². The number of hydrogen-bond donors (Lipinski definition) is 3. The zero-order valence-corrected chi connectivity index (χ0v) is 25.7. The highest BCUT2D eigenvalue weighted by atomic mass is 35.5. The van der Waals surface area contributed by atoms with Crippen LogP contribution in [0, 0.1) is 0 Å². The maximum atomic E-state index is 13.4. The standard InChI is InChI=1S/C35H28ClN3O5S/c1-43-26-14-18-29(36)30(20-26)38-33(40)22-45-28-16-12-25(13-17-28)37-35(42)31(39-34(41)24-10-6-3-7-11-24)21-27-15-19-32(44-27)23-8-4-2-5-9-23/h2-21H,22H2,1H3,(H,37,42)(H,38,40)(H,39,41)/b31-21-. The summed E-state index contributed by atoms with van der Waals surface area (Å²) in [6, 6.07) is 33.7. The van der Waals surface area contributed by atoms with E-state index in [1.807, 2.05) is 30.3 Å². The number of hydrogen-bond acceptors (Lipinski definition) is 6. The fourth-order valence-corrected chi connectivity index (χ4v) is 5.03. The molecule has 0 bridgehead atoms. The van der Waals surface area contributed by atoms with Crippen molar-refractivity contribution in [1.29, 1.82) is 0 Å². The molecule has 45 heavy (non-hydrogen) atoms. The molecule has 3 N–H and O–H groups in total. The number of carbonyl (C=O) groups is 3. The van der Waals surface area contributed by atoms with E-state index in [2.05, 4.69) is 16.0 Å². The molecule has 0 saturated carbocycles. The minimum Gasteiger partial charge on any atom is -0.497 e. The highest BCUT2D eigenvalue weighted by Gasteiger charge is 2.17. The van der Waals surface area contributed by atoms with Crippen molar-refractivity contribution in [3.05, 3.63) is 137 Å². The van der Waals surface area contributed by atoms with Gasteiger partial charge in [0.1, 0.15) is 23.0 Å². The molecule has 5 aromatic rings. The molecule has 0 fully saturated rings. The van der Waals surface area contributed by atoms with Gasteiger partial charge in [-0.05, 0) is 60.7 Å². The zero-order valence-electron chi connectivity index (χ0n) is 24.1. The fraction of sp³-hybridized carbons (Fsp3) is 0.0571. The van der Waals surface area contributed by atoms with Gasteiger partial charge in [-0.1, -0.05) is 60.1 Å². The maximum absolute atomic E-state index is 13.4. The third-order valence-electron chi connectivity index (χ3n) is 6.43. The third-order valence-corrected chi connectivity index (χ3v) is 7.77. The molecule has 5 rings (SSSR count). The Balaban J connectivity index is 1.25. The van der Waals surface area contributed by atoms with Crippen molar-refractivity contribution in [2.75, 3.05) is 23.5 Å². The molecule has 226 valence electrons. The molecule has 0 aliphatic carbocycles. The summed E-state index contributed by atoms with van der Waals surface area (Å²) in [7, 11) is 1.54. The second-order valence-corrected chi connectivity index (χ2v) is 11.1. The van der Waals surface area contributed by atoms with Crippen LogP contribution in [0.3, 0.4) is 0 Å². The van der Waals surface area contributed by atoms with Gasteiger partial charge in [0.25, 0.3) is 11.8 Å². The first-order valence-electron chi connectivity index (χ1n) is 13.8. The SMILES string of the molecule is COc1ccc(Cl)c(NC(=O)CSc2ccc(NC(=O)/C(=C/c3ccc(-c4ccccc4)o3)NC(=O)c3ccccc3)cc2)c1. The molecule has 0 saturated heterocycles. The first-order valence-corrected chi connectivity index (χ1v) is 15.2. The topological polar surface area (TPSA) is 110 Å². The molecule has 10 heteroatoms. The van der Waals surface area contributed by atoms with Gasteiger partial charge in [0.2, 0.25) is 5.91 Å². The zero-order chi connectivity index (χ0) is 31.6. The van der Waals surface area contributed by atoms with Gasteiger partial charge in [-0.15, -0.1) is 11.8 Å². The summed E-state index contributed by atoms with van der Waals surface area (Å²) in [5.41, 5.74) is 2.26. The van der Waals surface area contributed by atoms with Gasteiger partial charge in [0.05, 0.1) is 23.6 Å². The number of halogens is 1. The van der Waals surface area contributed by atoms with E-state index >= 15 is 0 Å². The van der Waals surface area contributed by atoms with Crippen molar-refractivity contribution in [3.63, 3.8) is 0 Å². The Morgan fingerprint density at radius 1 is 0.844 bits per heavy atom. The number of amides is 3. The van der Waals surface area contributed by atoms with E-state index in [-0.39, 0.29) is 17.4 Å². The average Bonchev–Trinajstić information content (AvgIpc) is 3.54. The minimum atomic E-state index is -0.535. The van der Waals surface area contributed by atoms with Gasteiger partial charge in [0, 0.05) is 33.9 Å². The van der Waals surface area contributed by atoms with Crippen molar-refractivity contribution < 1.29 is 23.5 Å². The highest BCUT2D eigenvalue weighted by molar-refractivity contribution is 8.00. The van der Waals surface area contributed by atoms with Crippen LogP contribution in [-0.2, 0) is 9.59 Å². The fourth-order valence-electron chi connectivity index (χ4n) is 4.17. The van der Waals surface area contributed by atoms with Gasteiger partial charge in [0.15, 0.2) is 0 Å².